The van der Waals surface area contributed by atoms with E-state index in [0.29, 0.717) is 18.9 Å². The lowest BCUT2D eigenvalue weighted by Crippen LogP contribution is -2.41. The Kier molecular flexibility index (Phi) is 6.05. The highest BCUT2D eigenvalue weighted by Gasteiger charge is 2.17. The molecule has 5 nitrogen and oxygen atoms in total. The summed E-state index contributed by atoms with van der Waals surface area (Å²) in [6.07, 6.45) is 1.03. The molecule has 0 radical (unpaired) electrons. The molecule has 0 fully saturated rings. The van der Waals surface area contributed by atoms with Gasteiger partial charge in [0.25, 0.3) is 0 Å². The van der Waals surface area contributed by atoms with Crippen LogP contribution in [0.4, 0.5) is 14.5 Å². The number of benzene rings is 1. The van der Waals surface area contributed by atoms with Crippen molar-refractivity contribution >= 4 is 17.6 Å². The van der Waals surface area contributed by atoms with E-state index >= 15 is 0 Å². The Morgan fingerprint density at radius 3 is 2.60 bits per heavy atom. The third kappa shape index (κ3) is 4.93. The van der Waals surface area contributed by atoms with E-state index in [0.717, 1.165) is 12.1 Å². The first-order valence-electron chi connectivity index (χ1n) is 6.15. The summed E-state index contributed by atoms with van der Waals surface area (Å²) in [7, 11) is 0. The number of rotatable bonds is 7. The molecule has 0 heterocycles. The van der Waals surface area contributed by atoms with Crippen molar-refractivity contribution in [1.29, 1.82) is 0 Å². The van der Waals surface area contributed by atoms with Gasteiger partial charge >= 0.3 is 5.97 Å². The number of amides is 1. The molecule has 0 bridgehead atoms. The van der Waals surface area contributed by atoms with E-state index in [1.54, 1.807) is 0 Å². The Hall–Kier alpha value is -2.02. The average Bonchev–Trinajstić information content (AvgIpc) is 2.37. The van der Waals surface area contributed by atoms with Crippen LogP contribution in [0.1, 0.15) is 19.8 Å². The fraction of sp³-hybridized carbons (Fsp3) is 0.385. The summed E-state index contributed by atoms with van der Waals surface area (Å²) in [5, 5.41) is 13.7. The lowest BCUT2D eigenvalue weighted by atomic mass is 10.2. The van der Waals surface area contributed by atoms with Gasteiger partial charge in [-0.25, -0.2) is 8.78 Å². The van der Waals surface area contributed by atoms with E-state index in [2.05, 4.69) is 10.6 Å². The Morgan fingerprint density at radius 1 is 1.35 bits per heavy atom. The quantitative estimate of drug-likeness (QED) is 0.713. The normalized spacial score (nSPS) is 11.9. The van der Waals surface area contributed by atoms with Gasteiger partial charge in [-0.3, -0.25) is 14.9 Å². The van der Waals surface area contributed by atoms with Crippen molar-refractivity contribution in [3.63, 3.8) is 0 Å². The second kappa shape index (κ2) is 7.54. The van der Waals surface area contributed by atoms with Crippen molar-refractivity contribution in [2.75, 3.05) is 11.9 Å². The van der Waals surface area contributed by atoms with Crippen molar-refractivity contribution in [1.82, 2.24) is 5.32 Å². The zero-order chi connectivity index (χ0) is 15.1. The molecular formula is C13H16F2N2O3. The molecule has 0 aliphatic rings. The number of nitrogens with one attached hydrogen (secondary N) is 2. The topological polar surface area (TPSA) is 78.4 Å². The molecule has 1 rings (SSSR count). The van der Waals surface area contributed by atoms with Gasteiger partial charge in [-0.1, -0.05) is 13.3 Å². The summed E-state index contributed by atoms with van der Waals surface area (Å²) in [6.45, 7) is 1.55. The maximum absolute atomic E-state index is 13.3. The molecule has 0 saturated heterocycles. The molecule has 0 aromatic heterocycles. The first kappa shape index (κ1) is 16.0. The summed E-state index contributed by atoms with van der Waals surface area (Å²) in [4.78, 5) is 22.4. The number of anilines is 1. The van der Waals surface area contributed by atoms with Crippen molar-refractivity contribution in [3.8, 4) is 0 Å². The van der Waals surface area contributed by atoms with Crippen LogP contribution in [0.5, 0.6) is 0 Å². The number of hydrogen-bond donors (Lipinski definition) is 3. The monoisotopic (exact) mass is 286 g/mol. The molecule has 0 aliphatic heterocycles. The van der Waals surface area contributed by atoms with E-state index < -0.39 is 29.6 Å². The molecule has 0 aliphatic carbocycles. The molecule has 7 heteroatoms. The summed E-state index contributed by atoms with van der Waals surface area (Å²) >= 11 is 0. The first-order valence-corrected chi connectivity index (χ1v) is 6.15. The van der Waals surface area contributed by atoms with Crippen molar-refractivity contribution in [3.05, 3.63) is 29.8 Å². The minimum Gasteiger partial charge on any atom is -0.480 e. The number of carboxylic acid groups (broad SMARTS) is 1. The van der Waals surface area contributed by atoms with Crippen LogP contribution in [0.15, 0.2) is 18.2 Å². The van der Waals surface area contributed by atoms with Crippen LogP contribution >= 0.6 is 0 Å². The molecule has 1 atom stereocenters. The second-order valence-electron chi connectivity index (χ2n) is 4.23. The lowest BCUT2D eigenvalue weighted by Gasteiger charge is -2.13. The largest absolute Gasteiger partial charge is 0.480 e. The zero-order valence-corrected chi connectivity index (χ0v) is 11.0. The van der Waals surface area contributed by atoms with Gasteiger partial charge in [0.1, 0.15) is 17.7 Å². The molecule has 1 aromatic rings. The van der Waals surface area contributed by atoms with Gasteiger partial charge in [0.2, 0.25) is 5.91 Å². The van der Waals surface area contributed by atoms with Crippen LogP contribution < -0.4 is 10.6 Å². The Morgan fingerprint density at radius 2 is 2.05 bits per heavy atom. The van der Waals surface area contributed by atoms with Crippen molar-refractivity contribution in [2.24, 2.45) is 0 Å². The summed E-state index contributed by atoms with van der Waals surface area (Å²) in [5.74, 6) is -3.28. The standard InChI is InChI=1S/C13H16F2N2O3/c1-2-3-11(13(19)20)16-7-12(18)17-10-5-4-8(14)6-9(10)15/h4-6,11,16H,2-3,7H2,1H3,(H,17,18)(H,19,20). The minimum atomic E-state index is -1.05. The molecule has 0 spiro atoms. The molecule has 3 N–H and O–H groups in total. The molecular weight excluding hydrogens is 270 g/mol. The highest BCUT2D eigenvalue weighted by molar-refractivity contribution is 5.92. The van der Waals surface area contributed by atoms with Gasteiger partial charge in [0.15, 0.2) is 0 Å². The first-order chi connectivity index (χ1) is 9.43. The molecule has 20 heavy (non-hydrogen) atoms. The van der Waals surface area contributed by atoms with Gasteiger partial charge in [0.05, 0.1) is 12.2 Å². The lowest BCUT2D eigenvalue weighted by molar-refractivity contribution is -0.139. The fourth-order valence-electron chi connectivity index (χ4n) is 1.60. The summed E-state index contributed by atoms with van der Waals surface area (Å²) in [5.41, 5.74) is -0.152. The van der Waals surface area contributed by atoms with E-state index in [1.165, 1.54) is 0 Å². The maximum Gasteiger partial charge on any atom is 0.320 e. The van der Waals surface area contributed by atoms with Crippen LogP contribution in [0, 0.1) is 11.6 Å². The van der Waals surface area contributed by atoms with Crippen LogP contribution in [0.3, 0.4) is 0 Å². The smallest absolute Gasteiger partial charge is 0.320 e. The highest BCUT2D eigenvalue weighted by Crippen LogP contribution is 2.14. The van der Waals surface area contributed by atoms with E-state index in [9.17, 15) is 18.4 Å². The number of carboxylic acids is 1. The van der Waals surface area contributed by atoms with Crippen LogP contribution in [-0.4, -0.2) is 29.6 Å². The molecule has 1 aromatic carbocycles. The van der Waals surface area contributed by atoms with Gasteiger partial charge in [0, 0.05) is 6.07 Å². The Bertz CT molecular complexity index is 495. The van der Waals surface area contributed by atoms with Crippen LogP contribution in [0.25, 0.3) is 0 Å². The summed E-state index contributed by atoms with van der Waals surface area (Å²) in [6, 6.07) is 1.94. The Balaban J connectivity index is 2.53. The molecule has 110 valence electrons. The zero-order valence-electron chi connectivity index (χ0n) is 11.0. The van der Waals surface area contributed by atoms with Crippen LogP contribution in [0.2, 0.25) is 0 Å². The van der Waals surface area contributed by atoms with E-state index in [1.807, 2.05) is 6.92 Å². The predicted octanol–water partition coefficient (Wildman–Crippen LogP) is 1.75. The number of halogens is 2. The molecule has 0 saturated carbocycles. The minimum absolute atomic E-state index is 0.152. The SMILES string of the molecule is CCCC(NCC(=O)Nc1ccc(F)cc1F)C(=O)O. The van der Waals surface area contributed by atoms with Crippen molar-refractivity contribution < 1.29 is 23.5 Å². The second-order valence-corrected chi connectivity index (χ2v) is 4.23. The van der Waals surface area contributed by atoms with E-state index in [-0.39, 0.29) is 12.2 Å². The average molecular weight is 286 g/mol. The third-order valence-corrected chi connectivity index (χ3v) is 2.59. The van der Waals surface area contributed by atoms with Crippen LogP contribution in [-0.2, 0) is 9.59 Å². The molecule has 1 unspecified atom stereocenters. The fourth-order valence-corrected chi connectivity index (χ4v) is 1.60. The number of carbonyl (C=O) groups excluding carboxylic acids is 1. The Labute approximate surface area is 115 Å². The highest BCUT2D eigenvalue weighted by atomic mass is 19.1. The summed E-state index contributed by atoms with van der Waals surface area (Å²) < 4.78 is 26.0. The van der Waals surface area contributed by atoms with Crippen molar-refractivity contribution in [2.45, 2.75) is 25.8 Å². The van der Waals surface area contributed by atoms with Gasteiger partial charge < -0.3 is 10.4 Å². The molecule has 1 amide bonds. The van der Waals surface area contributed by atoms with E-state index in [4.69, 9.17) is 5.11 Å². The maximum atomic E-state index is 13.3. The number of carbonyl (C=O) groups is 2. The van der Waals surface area contributed by atoms with Gasteiger partial charge in [-0.2, -0.15) is 0 Å². The number of aliphatic carboxylic acids is 1. The predicted molar refractivity (Wildman–Crippen MR) is 69.3 cm³/mol. The number of hydrogen-bond acceptors (Lipinski definition) is 3. The third-order valence-electron chi connectivity index (χ3n) is 2.59. The van der Waals surface area contributed by atoms with Gasteiger partial charge in [-0.15, -0.1) is 0 Å². The van der Waals surface area contributed by atoms with Gasteiger partial charge in [-0.05, 0) is 18.6 Å².